The highest BCUT2D eigenvalue weighted by molar-refractivity contribution is 6.21. The van der Waals surface area contributed by atoms with E-state index in [1.807, 2.05) is 30.3 Å². The van der Waals surface area contributed by atoms with Gasteiger partial charge in [0.25, 0.3) is 0 Å². The molecule has 0 spiro atoms. The van der Waals surface area contributed by atoms with E-state index in [1.165, 1.54) is 12.8 Å². The third-order valence-electron chi connectivity index (χ3n) is 5.15. The second kappa shape index (κ2) is 6.01. The van der Waals surface area contributed by atoms with E-state index in [1.54, 1.807) is 12.1 Å². The molecule has 2 aliphatic rings. The number of rotatable bonds is 2. The summed E-state index contributed by atoms with van der Waals surface area (Å²) in [5, 5.41) is 0.0388. The van der Waals surface area contributed by atoms with Crippen LogP contribution in [0.15, 0.2) is 48.5 Å². The number of fused-ring (bicyclic) bond motifs is 4. The van der Waals surface area contributed by atoms with Gasteiger partial charge in [0, 0.05) is 5.56 Å². The molecule has 4 rings (SSSR count). The summed E-state index contributed by atoms with van der Waals surface area (Å²) < 4.78 is 5.74. The van der Waals surface area contributed by atoms with Crippen LogP contribution in [0.5, 0.6) is 5.75 Å². The van der Waals surface area contributed by atoms with Crippen molar-refractivity contribution >= 4 is 17.6 Å². The molecule has 0 N–H and O–H groups in total. The molecule has 2 aromatic rings. The Bertz CT molecular complexity index is 726. The fourth-order valence-electron chi connectivity index (χ4n) is 4.07. The van der Waals surface area contributed by atoms with Crippen molar-refractivity contribution in [2.75, 3.05) is 0 Å². The Morgan fingerprint density at radius 2 is 1.87 bits per heavy atom. The summed E-state index contributed by atoms with van der Waals surface area (Å²) in [5.41, 5.74) is 2.89. The Kier molecular flexibility index (Phi) is 3.86. The van der Waals surface area contributed by atoms with E-state index < -0.39 is 0 Å². The molecule has 2 bridgehead atoms. The second-order valence-corrected chi connectivity index (χ2v) is 7.01. The van der Waals surface area contributed by atoms with Crippen molar-refractivity contribution in [1.82, 2.24) is 0 Å². The Morgan fingerprint density at radius 3 is 2.70 bits per heavy atom. The number of alkyl halides is 1. The van der Waals surface area contributed by atoms with E-state index in [4.69, 9.17) is 16.3 Å². The van der Waals surface area contributed by atoms with Gasteiger partial charge in [0.15, 0.2) is 0 Å². The lowest BCUT2D eigenvalue weighted by atomic mass is 9.69. The van der Waals surface area contributed by atoms with E-state index >= 15 is 0 Å². The van der Waals surface area contributed by atoms with Crippen molar-refractivity contribution in [3.63, 3.8) is 0 Å². The Morgan fingerprint density at radius 1 is 1.04 bits per heavy atom. The summed E-state index contributed by atoms with van der Waals surface area (Å²) >= 11 is 6.70. The Hall–Kier alpha value is -1.80. The first-order chi connectivity index (χ1) is 11.2. The van der Waals surface area contributed by atoms with Gasteiger partial charge in [0.05, 0.1) is 10.9 Å². The summed E-state index contributed by atoms with van der Waals surface area (Å²) in [6.07, 6.45) is 4.69. The monoisotopic (exact) mass is 326 g/mol. The Labute approximate surface area is 141 Å². The molecule has 0 aromatic heterocycles. The van der Waals surface area contributed by atoms with Gasteiger partial charge in [0.1, 0.15) is 5.75 Å². The molecule has 2 nitrogen and oxygen atoms in total. The van der Waals surface area contributed by atoms with Crippen LogP contribution in [0.2, 0.25) is 0 Å². The summed E-state index contributed by atoms with van der Waals surface area (Å²) in [6, 6.07) is 15.1. The molecule has 0 radical (unpaired) electrons. The predicted octanol–water partition coefficient (Wildman–Crippen LogP) is 5.47. The number of benzene rings is 2. The number of carbonyl (C=O) groups is 1. The number of carbonyl (C=O) groups excluding carboxylic acids is 1. The van der Waals surface area contributed by atoms with Gasteiger partial charge >= 0.3 is 5.97 Å². The predicted molar refractivity (Wildman–Crippen MR) is 91.1 cm³/mol. The van der Waals surface area contributed by atoms with Crippen molar-refractivity contribution in [3.8, 4) is 5.75 Å². The smallest absolute Gasteiger partial charge is 0.343 e. The molecule has 0 amide bonds. The molecule has 1 saturated carbocycles. The fraction of sp³-hybridized carbons (Fsp3) is 0.350. The van der Waals surface area contributed by atoms with Gasteiger partial charge in [-0.25, -0.2) is 4.79 Å². The highest BCUT2D eigenvalue weighted by atomic mass is 35.5. The number of hydrogen-bond acceptors (Lipinski definition) is 2. The van der Waals surface area contributed by atoms with E-state index in [-0.39, 0.29) is 11.3 Å². The molecule has 2 aromatic carbocycles. The standard InChI is InChI=1S/C20H19ClO2/c21-19-15-9-4-8-14(12-15)18-16(19)10-5-11-17(18)23-20(22)13-6-2-1-3-7-13/h1-3,5-7,10-11,14-15,19H,4,8-9,12H2. The van der Waals surface area contributed by atoms with Crippen molar-refractivity contribution in [1.29, 1.82) is 0 Å². The van der Waals surface area contributed by atoms with Crippen LogP contribution in [0.4, 0.5) is 0 Å². The molecule has 3 atom stereocenters. The van der Waals surface area contributed by atoms with E-state index in [0.29, 0.717) is 23.1 Å². The van der Waals surface area contributed by atoms with Crippen molar-refractivity contribution in [2.45, 2.75) is 37.0 Å². The molecule has 0 heterocycles. The van der Waals surface area contributed by atoms with Gasteiger partial charge < -0.3 is 4.74 Å². The van der Waals surface area contributed by atoms with Crippen LogP contribution in [0.1, 0.15) is 58.5 Å². The average molecular weight is 327 g/mol. The van der Waals surface area contributed by atoms with Gasteiger partial charge in [-0.2, -0.15) is 0 Å². The van der Waals surface area contributed by atoms with Crippen LogP contribution >= 0.6 is 11.6 Å². The van der Waals surface area contributed by atoms with Crippen LogP contribution in [0.3, 0.4) is 0 Å². The van der Waals surface area contributed by atoms with Gasteiger partial charge in [-0.3, -0.25) is 0 Å². The maximum Gasteiger partial charge on any atom is 0.343 e. The minimum atomic E-state index is -0.303. The lowest BCUT2D eigenvalue weighted by molar-refractivity contribution is 0.0731. The second-order valence-electron chi connectivity index (χ2n) is 6.54. The maximum atomic E-state index is 12.4. The zero-order valence-corrected chi connectivity index (χ0v) is 13.6. The molecular formula is C20H19ClO2. The van der Waals surface area contributed by atoms with E-state index in [2.05, 4.69) is 6.07 Å². The summed E-state index contributed by atoms with van der Waals surface area (Å²) in [6.45, 7) is 0. The van der Waals surface area contributed by atoms with Gasteiger partial charge in [-0.05, 0) is 54.9 Å². The zero-order valence-electron chi connectivity index (χ0n) is 12.9. The minimum Gasteiger partial charge on any atom is -0.423 e. The first-order valence-electron chi connectivity index (χ1n) is 8.28. The van der Waals surface area contributed by atoms with Crippen LogP contribution in [0.25, 0.3) is 0 Å². The van der Waals surface area contributed by atoms with E-state index in [9.17, 15) is 4.79 Å². The lowest BCUT2D eigenvalue weighted by Gasteiger charge is -2.40. The molecule has 118 valence electrons. The summed E-state index contributed by atoms with van der Waals surface area (Å²) in [7, 11) is 0. The zero-order chi connectivity index (χ0) is 15.8. The maximum absolute atomic E-state index is 12.4. The SMILES string of the molecule is O=C(Oc1cccc2c1C1CCCC(C1)C2Cl)c1ccccc1. The van der Waals surface area contributed by atoms with Crippen LogP contribution < -0.4 is 4.74 Å². The number of halogens is 1. The topological polar surface area (TPSA) is 26.3 Å². The first kappa shape index (κ1) is 14.8. The largest absolute Gasteiger partial charge is 0.423 e. The van der Waals surface area contributed by atoms with Crippen LogP contribution in [-0.2, 0) is 0 Å². The van der Waals surface area contributed by atoms with Crippen molar-refractivity contribution in [2.24, 2.45) is 5.92 Å². The summed E-state index contributed by atoms with van der Waals surface area (Å²) in [5.74, 6) is 1.41. The molecule has 2 aliphatic carbocycles. The molecule has 0 saturated heterocycles. The van der Waals surface area contributed by atoms with Crippen molar-refractivity contribution < 1.29 is 9.53 Å². The summed E-state index contributed by atoms with van der Waals surface area (Å²) in [4.78, 5) is 12.4. The Balaban J connectivity index is 1.69. The molecule has 23 heavy (non-hydrogen) atoms. The van der Waals surface area contributed by atoms with Gasteiger partial charge in [-0.15, -0.1) is 11.6 Å². The third-order valence-corrected chi connectivity index (χ3v) is 5.74. The average Bonchev–Trinajstić information content (AvgIpc) is 2.61. The number of esters is 1. The van der Waals surface area contributed by atoms with E-state index in [0.717, 1.165) is 24.0 Å². The van der Waals surface area contributed by atoms with Gasteiger partial charge in [-0.1, -0.05) is 36.8 Å². The lowest BCUT2D eigenvalue weighted by Crippen LogP contribution is -2.26. The first-order valence-corrected chi connectivity index (χ1v) is 8.72. The van der Waals surface area contributed by atoms with Crippen LogP contribution in [0, 0.1) is 5.92 Å². The molecule has 3 heteroatoms. The number of ether oxygens (including phenoxy) is 1. The number of hydrogen-bond donors (Lipinski definition) is 0. The normalized spacial score (nSPS) is 25.5. The molecular weight excluding hydrogens is 308 g/mol. The molecule has 1 fully saturated rings. The fourth-order valence-corrected chi connectivity index (χ4v) is 4.49. The van der Waals surface area contributed by atoms with Crippen molar-refractivity contribution in [3.05, 3.63) is 65.2 Å². The van der Waals surface area contributed by atoms with Crippen LogP contribution in [-0.4, -0.2) is 5.97 Å². The molecule has 0 aliphatic heterocycles. The molecule has 3 unspecified atom stereocenters. The third kappa shape index (κ3) is 2.66. The quantitative estimate of drug-likeness (QED) is 0.415. The van der Waals surface area contributed by atoms with Gasteiger partial charge in [0.2, 0.25) is 0 Å². The minimum absolute atomic E-state index is 0.0388. The highest BCUT2D eigenvalue weighted by Gasteiger charge is 2.38. The highest BCUT2D eigenvalue weighted by Crippen LogP contribution is 2.53.